The Hall–Kier alpha value is -2.79. The molecule has 0 radical (unpaired) electrons. The van der Waals surface area contributed by atoms with Crippen molar-refractivity contribution in [1.82, 2.24) is 9.55 Å². The molecule has 0 saturated carbocycles. The predicted octanol–water partition coefficient (Wildman–Crippen LogP) is 4.11. The van der Waals surface area contributed by atoms with Crippen molar-refractivity contribution in [2.24, 2.45) is 0 Å². The number of nitrogens with zero attached hydrogens (tertiary/aromatic N) is 2. The maximum Gasteiger partial charge on any atom is 0.188 e. The molecule has 138 valence electrons. The molecule has 0 amide bonds. The third kappa shape index (κ3) is 4.14. The summed E-state index contributed by atoms with van der Waals surface area (Å²) in [6.07, 6.45) is 13.5. The highest BCUT2D eigenvalue weighted by molar-refractivity contribution is 6.14. The Balaban J connectivity index is 1.39. The SMILES string of the molecule is O=C1C2=C(CC/C1=C\c1ccc(F)cc1)CC(OCCn1ccnc1)C=C2. The van der Waals surface area contributed by atoms with Gasteiger partial charge >= 0.3 is 0 Å². The number of imidazole rings is 1. The van der Waals surface area contributed by atoms with Gasteiger partial charge in [0.2, 0.25) is 0 Å². The van der Waals surface area contributed by atoms with Crippen LogP contribution in [0.2, 0.25) is 0 Å². The molecule has 0 bridgehead atoms. The topological polar surface area (TPSA) is 44.1 Å². The van der Waals surface area contributed by atoms with Crippen molar-refractivity contribution in [2.75, 3.05) is 6.61 Å². The van der Waals surface area contributed by atoms with Crippen LogP contribution in [-0.4, -0.2) is 28.0 Å². The van der Waals surface area contributed by atoms with Gasteiger partial charge in [0.05, 0.1) is 19.0 Å². The van der Waals surface area contributed by atoms with Gasteiger partial charge in [-0.1, -0.05) is 29.9 Å². The molecule has 1 aromatic carbocycles. The van der Waals surface area contributed by atoms with Gasteiger partial charge in [0.15, 0.2) is 5.78 Å². The minimum absolute atomic E-state index is 0.0164. The number of hydrogen-bond donors (Lipinski definition) is 0. The Morgan fingerprint density at radius 1 is 1.26 bits per heavy atom. The summed E-state index contributed by atoms with van der Waals surface area (Å²) in [7, 11) is 0. The number of halogens is 1. The van der Waals surface area contributed by atoms with E-state index >= 15 is 0 Å². The molecule has 1 aromatic heterocycles. The van der Waals surface area contributed by atoms with Crippen molar-refractivity contribution in [3.05, 3.63) is 83.2 Å². The van der Waals surface area contributed by atoms with Crippen LogP contribution in [-0.2, 0) is 16.1 Å². The molecule has 1 heterocycles. The highest BCUT2D eigenvalue weighted by Crippen LogP contribution is 2.34. The van der Waals surface area contributed by atoms with Gasteiger partial charge in [-0.05, 0) is 43.0 Å². The van der Waals surface area contributed by atoms with Crippen LogP contribution >= 0.6 is 0 Å². The van der Waals surface area contributed by atoms with E-state index in [-0.39, 0.29) is 17.7 Å². The van der Waals surface area contributed by atoms with Gasteiger partial charge in [-0.3, -0.25) is 4.79 Å². The summed E-state index contributed by atoms with van der Waals surface area (Å²) in [5.41, 5.74) is 3.60. The molecule has 5 heteroatoms. The van der Waals surface area contributed by atoms with E-state index in [9.17, 15) is 9.18 Å². The molecule has 0 spiro atoms. The second-order valence-electron chi connectivity index (χ2n) is 6.84. The smallest absolute Gasteiger partial charge is 0.188 e. The quantitative estimate of drug-likeness (QED) is 0.750. The minimum Gasteiger partial charge on any atom is -0.372 e. The molecule has 2 aliphatic rings. The van der Waals surface area contributed by atoms with Crippen LogP contribution in [0, 0.1) is 5.82 Å². The number of Topliss-reactive ketones (excluding diaryl/α,β-unsaturated/α-hetero) is 1. The van der Waals surface area contributed by atoms with E-state index in [1.54, 1.807) is 24.7 Å². The van der Waals surface area contributed by atoms with Crippen LogP contribution in [0.3, 0.4) is 0 Å². The normalized spacial score (nSPS) is 21.0. The highest BCUT2D eigenvalue weighted by atomic mass is 19.1. The Labute approximate surface area is 157 Å². The Kier molecular flexibility index (Phi) is 5.12. The molecule has 2 aromatic rings. The lowest BCUT2D eigenvalue weighted by Gasteiger charge is -2.26. The van der Waals surface area contributed by atoms with Crippen molar-refractivity contribution >= 4 is 11.9 Å². The first-order chi connectivity index (χ1) is 13.2. The monoisotopic (exact) mass is 364 g/mol. The number of ketones is 1. The number of hydrogen-bond acceptors (Lipinski definition) is 3. The Morgan fingerprint density at radius 3 is 2.89 bits per heavy atom. The second kappa shape index (κ2) is 7.84. The molecule has 0 fully saturated rings. The Morgan fingerprint density at radius 2 is 2.11 bits per heavy atom. The summed E-state index contributed by atoms with van der Waals surface area (Å²) < 4.78 is 21.0. The number of benzene rings is 1. The Bertz CT molecular complexity index is 908. The second-order valence-corrected chi connectivity index (χ2v) is 6.84. The lowest BCUT2D eigenvalue weighted by atomic mass is 9.81. The van der Waals surface area contributed by atoms with Crippen LogP contribution in [0.25, 0.3) is 6.08 Å². The molecule has 0 aliphatic heterocycles. The predicted molar refractivity (Wildman–Crippen MR) is 101 cm³/mol. The van der Waals surface area contributed by atoms with Crippen molar-refractivity contribution in [3.63, 3.8) is 0 Å². The average Bonchev–Trinajstić information content (AvgIpc) is 3.19. The van der Waals surface area contributed by atoms with E-state index in [0.717, 1.165) is 36.1 Å². The largest absolute Gasteiger partial charge is 0.372 e. The number of aromatic nitrogens is 2. The number of rotatable bonds is 5. The van der Waals surface area contributed by atoms with E-state index in [1.165, 1.54) is 17.7 Å². The molecular formula is C22H21FN2O2. The molecule has 0 N–H and O–H groups in total. The van der Waals surface area contributed by atoms with Crippen LogP contribution in [0.4, 0.5) is 4.39 Å². The van der Waals surface area contributed by atoms with Crippen LogP contribution < -0.4 is 0 Å². The maximum absolute atomic E-state index is 13.0. The summed E-state index contributed by atoms with van der Waals surface area (Å²) in [5, 5.41) is 0. The van der Waals surface area contributed by atoms with Crippen molar-refractivity contribution in [3.8, 4) is 0 Å². The van der Waals surface area contributed by atoms with Crippen LogP contribution in [0.15, 0.2) is 71.9 Å². The molecule has 4 rings (SSSR count). The van der Waals surface area contributed by atoms with E-state index in [1.807, 2.05) is 29.0 Å². The first-order valence-electron chi connectivity index (χ1n) is 9.17. The molecule has 4 nitrogen and oxygen atoms in total. The van der Waals surface area contributed by atoms with Gasteiger partial charge in [-0.25, -0.2) is 9.37 Å². The highest BCUT2D eigenvalue weighted by Gasteiger charge is 2.27. The zero-order valence-corrected chi connectivity index (χ0v) is 15.0. The number of ether oxygens (including phenoxy) is 1. The lowest BCUT2D eigenvalue weighted by Crippen LogP contribution is -2.23. The molecule has 1 unspecified atom stereocenters. The molecule has 1 atom stereocenters. The number of carbonyl (C=O) groups is 1. The summed E-state index contributed by atoms with van der Waals surface area (Å²) in [6, 6.07) is 6.22. The van der Waals surface area contributed by atoms with E-state index < -0.39 is 0 Å². The molecule has 27 heavy (non-hydrogen) atoms. The first kappa shape index (κ1) is 17.6. The fraction of sp³-hybridized carbons (Fsp3) is 0.273. The lowest BCUT2D eigenvalue weighted by molar-refractivity contribution is -0.112. The first-order valence-corrected chi connectivity index (χ1v) is 9.17. The summed E-state index contributed by atoms with van der Waals surface area (Å²) in [6.45, 7) is 1.37. The molecule has 0 saturated heterocycles. The third-order valence-corrected chi connectivity index (χ3v) is 4.99. The summed E-state index contributed by atoms with van der Waals surface area (Å²) in [4.78, 5) is 16.8. The molecular weight excluding hydrogens is 343 g/mol. The summed E-state index contributed by atoms with van der Waals surface area (Å²) in [5.74, 6) is -0.194. The van der Waals surface area contributed by atoms with Gasteiger partial charge in [-0.15, -0.1) is 0 Å². The van der Waals surface area contributed by atoms with Crippen LogP contribution in [0.1, 0.15) is 24.8 Å². The minimum atomic E-state index is -0.272. The zero-order chi connectivity index (χ0) is 18.6. The van der Waals surface area contributed by atoms with Gasteiger partial charge in [-0.2, -0.15) is 0 Å². The number of carbonyl (C=O) groups excluding carboxylic acids is 1. The fourth-order valence-electron chi connectivity index (χ4n) is 3.53. The van der Waals surface area contributed by atoms with Gasteiger partial charge in [0.25, 0.3) is 0 Å². The maximum atomic E-state index is 13.0. The van der Waals surface area contributed by atoms with Gasteiger partial charge in [0, 0.05) is 30.1 Å². The van der Waals surface area contributed by atoms with Crippen LogP contribution in [0.5, 0.6) is 0 Å². The van der Waals surface area contributed by atoms with Crippen molar-refractivity contribution < 1.29 is 13.9 Å². The summed E-state index contributed by atoms with van der Waals surface area (Å²) >= 11 is 0. The average molecular weight is 364 g/mol. The fourth-order valence-corrected chi connectivity index (χ4v) is 3.53. The zero-order valence-electron chi connectivity index (χ0n) is 15.0. The van der Waals surface area contributed by atoms with Gasteiger partial charge in [0.1, 0.15) is 5.82 Å². The third-order valence-electron chi connectivity index (χ3n) is 4.99. The van der Waals surface area contributed by atoms with Gasteiger partial charge < -0.3 is 9.30 Å². The van der Waals surface area contributed by atoms with E-state index in [2.05, 4.69) is 4.98 Å². The molecule has 2 aliphatic carbocycles. The standard InChI is InChI=1S/C22H21FN2O2/c23-19-5-1-16(2-6-19)13-18-4-3-17-14-20(7-8-21(17)22(18)26)27-12-11-25-10-9-24-15-25/h1-2,5-10,13,15,20H,3-4,11-12,14H2/b18-13+. The number of allylic oxidation sites excluding steroid dienone is 3. The van der Waals surface area contributed by atoms with E-state index in [4.69, 9.17) is 4.74 Å². The van der Waals surface area contributed by atoms with E-state index in [0.29, 0.717) is 13.0 Å². The van der Waals surface area contributed by atoms with Crippen molar-refractivity contribution in [1.29, 1.82) is 0 Å². The van der Waals surface area contributed by atoms with Crippen molar-refractivity contribution in [2.45, 2.75) is 31.9 Å².